The molecule has 1 aliphatic heterocycles. The number of anilines is 1. The third-order valence-corrected chi connectivity index (χ3v) is 2.99. The maximum Gasteiger partial charge on any atom is 0.176 e. The highest BCUT2D eigenvalue weighted by atomic mass is 32.1. The lowest BCUT2D eigenvalue weighted by atomic mass is 10.2. The molecule has 2 heterocycles. The van der Waals surface area contributed by atoms with E-state index in [1.54, 1.807) is 6.20 Å². The fourth-order valence-electron chi connectivity index (χ4n) is 1.47. The lowest BCUT2D eigenvalue weighted by Crippen LogP contribution is -2.30. The zero-order valence-electron chi connectivity index (χ0n) is 8.23. The molecular formula is C10H12N2OS. The number of hydrogen-bond donors (Lipinski definition) is 0. The smallest absolute Gasteiger partial charge is 0.176 e. The van der Waals surface area contributed by atoms with E-state index < -0.39 is 0 Å². The molecule has 1 aliphatic rings. The van der Waals surface area contributed by atoms with Crippen molar-refractivity contribution in [3.05, 3.63) is 18.3 Å². The first kappa shape index (κ1) is 9.40. The topological polar surface area (TPSA) is 25.4 Å². The molecule has 4 heteroatoms. The summed E-state index contributed by atoms with van der Waals surface area (Å²) in [4.78, 5) is 7.05. The van der Waals surface area contributed by atoms with Gasteiger partial charge in [-0.25, -0.2) is 4.98 Å². The average molecular weight is 208 g/mol. The van der Waals surface area contributed by atoms with Crippen LogP contribution in [0.1, 0.15) is 6.92 Å². The van der Waals surface area contributed by atoms with E-state index >= 15 is 0 Å². The number of fused-ring (bicyclic) bond motifs is 1. The van der Waals surface area contributed by atoms with Gasteiger partial charge in [0.1, 0.15) is 0 Å². The van der Waals surface area contributed by atoms with Gasteiger partial charge in [0.15, 0.2) is 11.6 Å². The van der Waals surface area contributed by atoms with Gasteiger partial charge < -0.3 is 9.64 Å². The molecule has 0 saturated carbocycles. The van der Waals surface area contributed by atoms with Crippen molar-refractivity contribution in [2.75, 3.05) is 18.6 Å². The quantitative estimate of drug-likeness (QED) is 0.608. The first-order valence-corrected chi connectivity index (χ1v) is 4.96. The van der Waals surface area contributed by atoms with Crippen molar-refractivity contribution in [1.82, 2.24) is 4.98 Å². The molecule has 2 rings (SSSR count). The van der Waals surface area contributed by atoms with E-state index in [2.05, 4.69) is 11.9 Å². The van der Waals surface area contributed by atoms with E-state index in [4.69, 9.17) is 17.0 Å². The first-order valence-electron chi connectivity index (χ1n) is 4.55. The van der Waals surface area contributed by atoms with Gasteiger partial charge in [-0.2, -0.15) is 0 Å². The molecule has 0 radical (unpaired) electrons. The summed E-state index contributed by atoms with van der Waals surface area (Å²) in [5.41, 5.74) is 0. The fourth-order valence-corrected chi connectivity index (χ4v) is 1.62. The third kappa shape index (κ3) is 1.46. The number of nitrogens with zero attached hydrogens (tertiary/aromatic N) is 2. The van der Waals surface area contributed by atoms with E-state index in [1.807, 2.05) is 24.1 Å². The Morgan fingerprint density at radius 1 is 1.64 bits per heavy atom. The molecule has 0 saturated heterocycles. The van der Waals surface area contributed by atoms with E-state index in [0.29, 0.717) is 6.61 Å². The van der Waals surface area contributed by atoms with Crippen molar-refractivity contribution in [1.29, 1.82) is 0 Å². The number of hydrogen-bond acceptors (Lipinski definition) is 3. The molecule has 74 valence electrons. The molecule has 0 spiro atoms. The summed E-state index contributed by atoms with van der Waals surface area (Å²) in [5, 5.41) is 0. The zero-order valence-corrected chi connectivity index (χ0v) is 9.04. The second kappa shape index (κ2) is 3.53. The van der Waals surface area contributed by atoms with Crippen LogP contribution in [0.25, 0.3) is 0 Å². The number of pyridine rings is 1. The van der Waals surface area contributed by atoms with Gasteiger partial charge in [-0.15, -0.1) is 0 Å². The Bertz CT molecular complexity index is 367. The van der Waals surface area contributed by atoms with E-state index in [-0.39, 0.29) is 5.92 Å². The van der Waals surface area contributed by atoms with E-state index in [9.17, 15) is 0 Å². The molecule has 0 fully saturated rings. The maximum absolute atomic E-state index is 5.61. The van der Waals surface area contributed by atoms with Gasteiger partial charge in [-0.3, -0.25) is 0 Å². The second-order valence-electron chi connectivity index (χ2n) is 3.43. The van der Waals surface area contributed by atoms with Gasteiger partial charge >= 0.3 is 0 Å². The first-order chi connectivity index (χ1) is 6.70. The minimum atomic E-state index is 0.254. The van der Waals surface area contributed by atoms with Crippen LogP contribution in [0.2, 0.25) is 0 Å². The van der Waals surface area contributed by atoms with Crippen molar-refractivity contribution in [3.63, 3.8) is 0 Å². The van der Waals surface area contributed by atoms with Gasteiger partial charge in [-0.05, 0) is 12.1 Å². The van der Waals surface area contributed by atoms with Gasteiger partial charge in [-0.1, -0.05) is 19.1 Å². The largest absolute Gasteiger partial charge is 0.489 e. The second-order valence-corrected chi connectivity index (χ2v) is 3.85. The highest BCUT2D eigenvalue weighted by Gasteiger charge is 2.23. The molecule has 14 heavy (non-hydrogen) atoms. The highest BCUT2D eigenvalue weighted by Crippen LogP contribution is 2.29. The zero-order chi connectivity index (χ0) is 10.1. The molecule has 0 bridgehead atoms. The van der Waals surface area contributed by atoms with Crippen LogP contribution in [0.4, 0.5) is 5.82 Å². The summed E-state index contributed by atoms with van der Waals surface area (Å²) < 4.78 is 5.61. The van der Waals surface area contributed by atoms with Crippen LogP contribution in [0, 0.1) is 5.92 Å². The van der Waals surface area contributed by atoms with Crippen LogP contribution < -0.4 is 9.64 Å². The Hall–Kier alpha value is -1.16. The van der Waals surface area contributed by atoms with Crippen molar-refractivity contribution < 1.29 is 4.74 Å². The SMILES string of the molecule is C[C@H]1COc2cccnc2N(C)C1=S. The van der Waals surface area contributed by atoms with Gasteiger partial charge in [0.25, 0.3) is 0 Å². The number of rotatable bonds is 0. The van der Waals surface area contributed by atoms with E-state index in [1.165, 1.54) is 0 Å². The van der Waals surface area contributed by atoms with Gasteiger partial charge in [0.05, 0.1) is 11.6 Å². The molecule has 0 aliphatic carbocycles. The summed E-state index contributed by atoms with van der Waals surface area (Å²) in [6.45, 7) is 2.69. The average Bonchev–Trinajstić information content (AvgIpc) is 2.32. The number of aromatic nitrogens is 1. The van der Waals surface area contributed by atoms with E-state index in [0.717, 1.165) is 16.6 Å². The summed E-state index contributed by atoms with van der Waals surface area (Å²) >= 11 is 5.32. The minimum absolute atomic E-state index is 0.254. The molecule has 0 unspecified atom stereocenters. The fraction of sp³-hybridized carbons (Fsp3) is 0.400. The van der Waals surface area contributed by atoms with Crippen LogP contribution in [0.5, 0.6) is 5.75 Å². The predicted molar refractivity (Wildman–Crippen MR) is 59.9 cm³/mol. The molecule has 1 aromatic rings. The number of ether oxygens (including phenoxy) is 1. The summed E-state index contributed by atoms with van der Waals surface area (Å²) in [6, 6.07) is 3.78. The Kier molecular flexibility index (Phi) is 2.37. The maximum atomic E-state index is 5.61. The Morgan fingerprint density at radius 3 is 3.21 bits per heavy atom. The van der Waals surface area contributed by atoms with Crippen molar-refractivity contribution in [2.24, 2.45) is 5.92 Å². The van der Waals surface area contributed by atoms with Gasteiger partial charge in [0, 0.05) is 19.2 Å². The molecule has 3 nitrogen and oxygen atoms in total. The highest BCUT2D eigenvalue weighted by molar-refractivity contribution is 7.80. The van der Waals surface area contributed by atoms with Crippen LogP contribution in [-0.4, -0.2) is 23.6 Å². The Morgan fingerprint density at radius 2 is 2.43 bits per heavy atom. The molecule has 0 amide bonds. The Balaban J connectivity index is 2.45. The van der Waals surface area contributed by atoms with Crippen LogP contribution in [0.15, 0.2) is 18.3 Å². The monoisotopic (exact) mass is 208 g/mol. The van der Waals surface area contributed by atoms with Crippen LogP contribution in [-0.2, 0) is 0 Å². The normalized spacial score (nSPS) is 21.1. The van der Waals surface area contributed by atoms with Crippen molar-refractivity contribution >= 4 is 23.0 Å². The van der Waals surface area contributed by atoms with Crippen LogP contribution in [0.3, 0.4) is 0 Å². The lowest BCUT2D eigenvalue weighted by molar-refractivity contribution is 0.298. The molecule has 0 aromatic carbocycles. The Labute approximate surface area is 88.7 Å². The van der Waals surface area contributed by atoms with Gasteiger partial charge in [0.2, 0.25) is 0 Å². The standard InChI is InChI=1S/C10H12N2OS/c1-7-6-13-8-4-3-5-11-9(8)12(2)10(7)14/h3-5,7H,6H2,1-2H3/t7-/m0/s1. The molecule has 0 N–H and O–H groups in total. The van der Waals surface area contributed by atoms with Crippen molar-refractivity contribution in [3.8, 4) is 5.75 Å². The molecule has 1 atom stereocenters. The molecule has 1 aromatic heterocycles. The summed E-state index contributed by atoms with van der Waals surface area (Å²) in [6.07, 6.45) is 1.75. The number of thiocarbonyl (C=S) groups is 1. The van der Waals surface area contributed by atoms with Crippen LogP contribution >= 0.6 is 12.2 Å². The minimum Gasteiger partial charge on any atom is -0.489 e. The summed E-state index contributed by atoms with van der Waals surface area (Å²) in [5.74, 6) is 1.87. The summed E-state index contributed by atoms with van der Waals surface area (Å²) in [7, 11) is 1.93. The molecular weight excluding hydrogens is 196 g/mol. The lowest BCUT2D eigenvalue weighted by Gasteiger charge is -2.19. The van der Waals surface area contributed by atoms with Crippen molar-refractivity contribution in [2.45, 2.75) is 6.92 Å². The predicted octanol–water partition coefficient (Wildman–Crippen LogP) is 1.87. The third-order valence-electron chi connectivity index (χ3n) is 2.31.